The van der Waals surface area contributed by atoms with Crippen molar-refractivity contribution in [1.29, 1.82) is 0 Å². The fraction of sp³-hybridized carbons (Fsp3) is 0.533. The number of nitrogens with zero attached hydrogens (tertiary/aromatic N) is 1. The maximum absolute atomic E-state index is 12.1. The highest BCUT2D eigenvalue weighted by Gasteiger charge is 2.14. The summed E-state index contributed by atoms with van der Waals surface area (Å²) in [6, 6.07) is 6.39. The van der Waals surface area contributed by atoms with Gasteiger partial charge in [-0.1, -0.05) is 19.1 Å². The van der Waals surface area contributed by atoms with Crippen molar-refractivity contribution >= 4 is 15.8 Å². The van der Waals surface area contributed by atoms with Gasteiger partial charge in [0.05, 0.1) is 4.90 Å². The average Bonchev–Trinajstić information content (AvgIpc) is 2.46. The standard InChI is InChI=1S/C15H24N2O3S/c1-5-12(2)17(4)11-10-16-21(19,20)15-8-6-14(7-9-15)13(3)18/h6-9,12,16H,5,10-11H2,1-4H3/t12-/m1/s1. The first kappa shape index (κ1) is 17.8. The zero-order chi connectivity index (χ0) is 16.0. The monoisotopic (exact) mass is 312 g/mol. The third-order valence-corrected chi connectivity index (χ3v) is 5.15. The van der Waals surface area contributed by atoms with Crippen LogP contribution in [0.3, 0.4) is 0 Å². The number of sulfonamides is 1. The summed E-state index contributed by atoms with van der Waals surface area (Å²) in [5.74, 6) is -0.0814. The Balaban J connectivity index is 2.63. The molecule has 0 unspecified atom stereocenters. The molecular weight excluding hydrogens is 288 g/mol. The van der Waals surface area contributed by atoms with E-state index in [1.165, 1.54) is 31.2 Å². The van der Waals surface area contributed by atoms with E-state index in [0.717, 1.165) is 6.42 Å². The minimum atomic E-state index is -3.52. The lowest BCUT2D eigenvalue weighted by atomic mass is 10.2. The topological polar surface area (TPSA) is 66.5 Å². The molecule has 0 heterocycles. The quantitative estimate of drug-likeness (QED) is 0.745. The van der Waals surface area contributed by atoms with Crippen molar-refractivity contribution in [2.45, 2.75) is 38.1 Å². The van der Waals surface area contributed by atoms with Crippen LogP contribution >= 0.6 is 0 Å². The molecule has 0 aliphatic heterocycles. The van der Waals surface area contributed by atoms with Crippen LogP contribution in [0.1, 0.15) is 37.6 Å². The highest BCUT2D eigenvalue weighted by Crippen LogP contribution is 2.11. The van der Waals surface area contributed by atoms with Gasteiger partial charge in [0.2, 0.25) is 10.0 Å². The van der Waals surface area contributed by atoms with E-state index in [2.05, 4.69) is 23.5 Å². The summed E-state index contributed by atoms with van der Waals surface area (Å²) < 4.78 is 26.8. The minimum absolute atomic E-state index is 0.0814. The second kappa shape index (κ2) is 7.68. The molecule has 6 heteroatoms. The van der Waals surface area contributed by atoms with Crippen LogP contribution in [0, 0.1) is 0 Å². The van der Waals surface area contributed by atoms with Crippen molar-refractivity contribution in [2.75, 3.05) is 20.1 Å². The third kappa shape index (κ3) is 5.22. The Bertz CT molecular complexity index is 567. The number of benzene rings is 1. The van der Waals surface area contributed by atoms with Gasteiger partial charge in [-0.15, -0.1) is 0 Å². The number of Topliss-reactive ketones (excluding diaryl/α,β-unsaturated/α-hetero) is 1. The first-order valence-corrected chi connectivity index (χ1v) is 8.57. The molecule has 1 N–H and O–H groups in total. The van der Waals surface area contributed by atoms with Gasteiger partial charge < -0.3 is 4.90 Å². The van der Waals surface area contributed by atoms with Crippen molar-refractivity contribution in [3.63, 3.8) is 0 Å². The van der Waals surface area contributed by atoms with Gasteiger partial charge in [0, 0.05) is 24.7 Å². The van der Waals surface area contributed by atoms with Crippen LogP contribution in [0.15, 0.2) is 29.2 Å². The van der Waals surface area contributed by atoms with Crippen LogP contribution in [0.2, 0.25) is 0 Å². The summed E-state index contributed by atoms with van der Waals surface area (Å²) in [5, 5.41) is 0. The lowest BCUT2D eigenvalue weighted by Gasteiger charge is -2.23. The van der Waals surface area contributed by atoms with Gasteiger partial charge in [0.1, 0.15) is 0 Å². The van der Waals surface area contributed by atoms with Crippen molar-refractivity contribution in [1.82, 2.24) is 9.62 Å². The Morgan fingerprint density at radius 3 is 2.33 bits per heavy atom. The zero-order valence-electron chi connectivity index (χ0n) is 13.1. The van der Waals surface area contributed by atoms with Crippen molar-refractivity contribution < 1.29 is 13.2 Å². The van der Waals surface area contributed by atoms with E-state index in [4.69, 9.17) is 0 Å². The van der Waals surface area contributed by atoms with E-state index < -0.39 is 10.0 Å². The Labute approximate surface area is 127 Å². The molecule has 1 aromatic rings. The van der Waals surface area contributed by atoms with Gasteiger partial charge in [0.25, 0.3) is 0 Å². The van der Waals surface area contributed by atoms with Crippen molar-refractivity contribution in [2.24, 2.45) is 0 Å². The maximum atomic E-state index is 12.1. The fourth-order valence-corrected chi connectivity index (χ4v) is 2.86. The molecule has 21 heavy (non-hydrogen) atoms. The summed E-state index contributed by atoms with van der Waals surface area (Å²) in [7, 11) is -1.54. The van der Waals surface area contributed by atoms with Crippen molar-refractivity contribution in [3.8, 4) is 0 Å². The second-order valence-electron chi connectivity index (χ2n) is 5.22. The molecule has 118 valence electrons. The third-order valence-electron chi connectivity index (χ3n) is 3.67. The zero-order valence-corrected chi connectivity index (χ0v) is 13.9. The average molecular weight is 312 g/mol. The van der Waals surface area contributed by atoms with Gasteiger partial charge in [-0.25, -0.2) is 13.1 Å². The molecule has 0 amide bonds. The van der Waals surface area contributed by atoms with Crippen LogP contribution < -0.4 is 4.72 Å². The summed E-state index contributed by atoms with van der Waals surface area (Å²) >= 11 is 0. The van der Waals surface area contributed by atoms with Gasteiger partial charge >= 0.3 is 0 Å². The molecule has 1 atom stereocenters. The molecule has 0 aliphatic carbocycles. The number of ketones is 1. The molecule has 0 saturated heterocycles. The molecule has 0 radical (unpaired) electrons. The maximum Gasteiger partial charge on any atom is 0.240 e. The molecule has 5 nitrogen and oxygen atoms in total. The van der Waals surface area contributed by atoms with Gasteiger partial charge in [0.15, 0.2) is 5.78 Å². The number of hydrogen-bond donors (Lipinski definition) is 1. The number of hydrogen-bond acceptors (Lipinski definition) is 4. The van der Waals surface area contributed by atoms with Crippen LogP contribution in [-0.2, 0) is 10.0 Å². The highest BCUT2D eigenvalue weighted by molar-refractivity contribution is 7.89. The Hall–Kier alpha value is -1.24. The van der Waals surface area contributed by atoms with E-state index in [1.807, 2.05) is 7.05 Å². The highest BCUT2D eigenvalue weighted by atomic mass is 32.2. The molecule has 0 aromatic heterocycles. The predicted molar refractivity (Wildman–Crippen MR) is 84.0 cm³/mol. The summed E-state index contributed by atoms with van der Waals surface area (Å²) in [6.07, 6.45) is 1.02. The molecule has 0 spiro atoms. The molecule has 0 saturated carbocycles. The molecule has 1 aromatic carbocycles. The van der Waals surface area contributed by atoms with E-state index in [1.54, 1.807) is 0 Å². The number of nitrogens with one attached hydrogen (secondary N) is 1. The van der Waals surface area contributed by atoms with Crippen LogP contribution in [0.4, 0.5) is 0 Å². The van der Waals surface area contributed by atoms with Gasteiger partial charge in [-0.3, -0.25) is 4.79 Å². The van der Waals surface area contributed by atoms with Gasteiger partial charge in [-0.05, 0) is 39.4 Å². The first-order chi connectivity index (χ1) is 9.77. The minimum Gasteiger partial charge on any atom is -0.302 e. The Kier molecular flexibility index (Phi) is 6.51. The Morgan fingerprint density at radius 2 is 1.86 bits per heavy atom. The fourth-order valence-electron chi connectivity index (χ4n) is 1.84. The van der Waals surface area contributed by atoms with Gasteiger partial charge in [-0.2, -0.15) is 0 Å². The Morgan fingerprint density at radius 1 is 1.29 bits per heavy atom. The number of carbonyl (C=O) groups excluding carboxylic acids is 1. The van der Waals surface area contributed by atoms with Crippen LogP contribution in [0.25, 0.3) is 0 Å². The number of likely N-dealkylation sites (N-methyl/N-ethyl adjacent to an activating group) is 1. The van der Waals surface area contributed by atoms with E-state index in [0.29, 0.717) is 24.7 Å². The summed E-state index contributed by atoms with van der Waals surface area (Å²) in [4.78, 5) is 13.5. The molecule has 0 aliphatic rings. The van der Waals surface area contributed by atoms with Crippen molar-refractivity contribution in [3.05, 3.63) is 29.8 Å². The summed E-state index contributed by atoms with van der Waals surface area (Å²) in [6.45, 7) is 6.67. The summed E-state index contributed by atoms with van der Waals surface area (Å²) in [5.41, 5.74) is 0.505. The van der Waals surface area contributed by atoms with E-state index in [9.17, 15) is 13.2 Å². The molecule has 1 rings (SSSR count). The lowest BCUT2D eigenvalue weighted by molar-refractivity contribution is 0.101. The largest absolute Gasteiger partial charge is 0.302 e. The molecule has 0 fully saturated rings. The van der Waals surface area contributed by atoms with Crippen LogP contribution in [-0.4, -0.2) is 45.3 Å². The molecular formula is C15H24N2O3S. The number of carbonyl (C=O) groups is 1. The lowest BCUT2D eigenvalue weighted by Crippen LogP contribution is -2.37. The normalized spacial score (nSPS) is 13.4. The molecule has 0 bridgehead atoms. The first-order valence-electron chi connectivity index (χ1n) is 7.08. The van der Waals surface area contributed by atoms with Crippen LogP contribution in [0.5, 0.6) is 0 Å². The number of rotatable bonds is 8. The van der Waals surface area contributed by atoms with E-state index in [-0.39, 0.29) is 10.7 Å². The predicted octanol–water partition coefficient (Wildman–Crippen LogP) is 1.90. The van der Waals surface area contributed by atoms with E-state index >= 15 is 0 Å². The smallest absolute Gasteiger partial charge is 0.240 e. The second-order valence-corrected chi connectivity index (χ2v) is 6.98. The SMILES string of the molecule is CC[C@@H](C)N(C)CCNS(=O)(=O)c1ccc(C(C)=O)cc1.